The Morgan fingerprint density at radius 3 is 0.651 bits per heavy atom. The topological polar surface area (TPSA) is 231 Å². The monoisotopic (exact) mass is 1840 g/mol. The van der Waals surface area contributed by atoms with Gasteiger partial charge in [0.1, 0.15) is 25.4 Å². The molecule has 0 heterocycles. The van der Waals surface area contributed by atoms with Crippen LogP contribution in [0.3, 0.4) is 0 Å². The van der Waals surface area contributed by atoms with Gasteiger partial charge in [0, 0.05) is 19.3 Å². The Balaban J connectivity index is 4.64. The zero-order valence-corrected chi connectivity index (χ0v) is 83.6. The molecule has 5 atom stereocenters. The maximum Gasteiger partial charge on any atom is 0.472 e. The molecule has 0 aliphatic heterocycles. The highest BCUT2D eigenvalue weighted by Gasteiger charge is 2.30. The van der Waals surface area contributed by atoms with E-state index in [-0.39, 0.29) is 19.3 Å². The molecule has 4 N–H and O–H groups in total. The van der Waals surface area contributed by atoms with Gasteiger partial charge < -0.3 is 34.2 Å². The molecule has 0 aromatic rings. The van der Waals surface area contributed by atoms with Crippen LogP contribution in [0, 0.1) is 0 Å². The summed E-state index contributed by atoms with van der Waals surface area (Å²) >= 11 is 0. The molecule has 5 unspecified atom stereocenters. The third-order valence-corrected chi connectivity index (χ3v) is 23.7. The molecule has 129 heavy (non-hydrogen) atoms. The summed E-state index contributed by atoms with van der Waals surface area (Å²) in [6.07, 6.45) is 136. The van der Waals surface area contributed by atoms with Gasteiger partial charge in [-0.1, -0.05) is 440 Å². The predicted octanol–water partition coefficient (Wildman–Crippen LogP) is 32.9. The minimum Gasteiger partial charge on any atom is -0.463 e. The molecule has 0 aliphatic rings. The molecule has 0 amide bonds. The van der Waals surface area contributed by atoms with E-state index in [9.17, 15) is 43.5 Å². The first kappa shape index (κ1) is 123. The van der Waals surface area contributed by atoms with Crippen molar-refractivity contribution in [1.29, 1.82) is 0 Å². The van der Waals surface area contributed by atoms with Crippen molar-refractivity contribution in [2.75, 3.05) is 39.6 Å². The van der Waals surface area contributed by atoms with Crippen molar-refractivity contribution < 1.29 is 75.8 Å². The average Bonchev–Trinajstić information content (AvgIpc) is 0.898. The second-order valence-electron chi connectivity index (χ2n) is 34.2. The van der Waals surface area contributed by atoms with Crippen molar-refractivity contribution in [3.63, 3.8) is 0 Å². The van der Waals surface area contributed by atoms with Gasteiger partial charge in [-0.3, -0.25) is 32.5 Å². The SMILES string of the molecule is CC/C=C\C/C=C\C/C=C\C/C=C\C/C=C\C/C=C\CCCCCCCCCCCCCCCCC(=O)OCC(O)COP(=O)(O)OCC(O)COP(=O)(O)OCC(COC(=O)CCCCCCCCCCCCCCCCC/C=C\C/C=C\C/C=C\C/C=C\CCCCC)OC(=O)CCCCCCCCCCCC/C=C\C/C=C\C/C=C\C/C=C\C/C=C\C/C=C\CC. The number of ether oxygens (including phenoxy) is 3. The van der Waals surface area contributed by atoms with Gasteiger partial charge in [-0.2, -0.15) is 0 Å². The molecule has 0 spiro atoms. The molecule has 0 bridgehead atoms. The second kappa shape index (κ2) is 101. The van der Waals surface area contributed by atoms with Gasteiger partial charge in [0.25, 0.3) is 0 Å². The van der Waals surface area contributed by atoms with E-state index in [2.05, 4.69) is 215 Å². The number of phosphoric ester groups is 2. The van der Waals surface area contributed by atoms with E-state index in [0.717, 1.165) is 173 Å². The lowest BCUT2D eigenvalue weighted by Gasteiger charge is -2.21. The molecule has 0 aromatic carbocycles. The van der Waals surface area contributed by atoms with Crippen LogP contribution in [-0.4, -0.2) is 95.9 Å². The fourth-order valence-electron chi connectivity index (χ4n) is 14.0. The number of hydrogen-bond donors (Lipinski definition) is 4. The van der Waals surface area contributed by atoms with Crippen LogP contribution in [0.5, 0.6) is 0 Å². The normalized spacial score (nSPS) is 14.4. The summed E-state index contributed by atoms with van der Waals surface area (Å²) in [6, 6.07) is 0. The zero-order valence-electron chi connectivity index (χ0n) is 81.8. The average molecular weight is 1840 g/mol. The van der Waals surface area contributed by atoms with Gasteiger partial charge in [-0.25, -0.2) is 9.13 Å². The maximum atomic E-state index is 13.1. The first-order valence-electron chi connectivity index (χ1n) is 51.7. The molecular weight excluding hydrogens is 1650 g/mol. The number of allylic oxidation sites excluding steroid dienone is 32. The van der Waals surface area contributed by atoms with Crippen molar-refractivity contribution in [2.45, 2.75) is 450 Å². The lowest BCUT2D eigenvalue weighted by Crippen LogP contribution is -2.30. The fraction of sp³-hybridized carbons (Fsp3) is 0.685. The van der Waals surface area contributed by atoms with E-state index in [4.69, 9.17) is 32.3 Å². The number of hydrogen-bond acceptors (Lipinski definition) is 14. The molecule has 0 rings (SSSR count). The molecule has 0 saturated carbocycles. The summed E-state index contributed by atoms with van der Waals surface area (Å²) < 4.78 is 61.7. The molecule has 0 radical (unpaired) electrons. The summed E-state index contributed by atoms with van der Waals surface area (Å²) in [6.45, 7) is 2.48. The minimum absolute atomic E-state index is 0.0944. The third-order valence-electron chi connectivity index (χ3n) is 21.8. The number of unbranched alkanes of at least 4 members (excludes halogenated alkanes) is 42. The van der Waals surface area contributed by atoms with Crippen molar-refractivity contribution in [2.24, 2.45) is 0 Å². The van der Waals surface area contributed by atoms with E-state index in [1.54, 1.807) is 0 Å². The number of rotatable bonds is 97. The molecule has 0 aliphatic carbocycles. The standard InChI is InChI=1S/C111H188O16P2/c1-4-7-10-13-16-19-22-25-28-31-34-37-40-43-46-49-51-52-54-57-58-61-64-67-70-73-76-79-82-85-88-91-94-97-109(114)121-100-106(112)101-123-128(117,118)124-102-107(113)103-125-129(119,120)126-105-108(127-111(116)99-96-93-90-87-84-81-78-75-72-69-66-63-60-55-48-45-42-39-36-33-30-27-24-21-18-15-12-9-6-3)104-122-110(115)98-95-92-89-86-83-80-77-74-71-68-65-62-59-56-53-50-47-44-41-38-35-32-29-26-23-20-17-14-11-8-5-2/h7,9-10,12,16-21,25-30,34-39,43-48,51-52,60,63,106-108,112-113H,4-6,8,11,13-15,22-24,31-33,40-42,49-50,53-59,61-62,64-105H2,1-3H3,(H,117,118)(H,119,120)/b10-7-,12-9-,19-16-,20-17-,21-18-,28-25-,29-26-,30-27-,37-34-,38-35-,39-36-,46-43-,47-44-,48-45-,52-51-,63-60-. The summed E-state index contributed by atoms with van der Waals surface area (Å²) in [5.41, 5.74) is 0. The number of esters is 3. The van der Waals surface area contributed by atoms with Crippen molar-refractivity contribution in [3.05, 3.63) is 194 Å². The van der Waals surface area contributed by atoms with Crippen LogP contribution in [0.25, 0.3) is 0 Å². The highest BCUT2D eigenvalue weighted by molar-refractivity contribution is 7.47. The van der Waals surface area contributed by atoms with E-state index < -0.39 is 91.5 Å². The molecule has 738 valence electrons. The highest BCUT2D eigenvalue weighted by Crippen LogP contribution is 2.45. The Bertz CT molecular complexity index is 3130. The van der Waals surface area contributed by atoms with E-state index in [0.29, 0.717) is 19.3 Å². The fourth-order valence-corrected chi connectivity index (χ4v) is 15.6. The first-order chi connectivity index (χ1) is 63.2. The zero-order chi connectivity index (χ0) is 93.5. The minimum atomic E-state index is -4.95. The van der Waals surface area contributed by atoms with Gasteiger partial charge in [0.05, 0.1) is 26.4 Å². The molecule has 0 fully saturated rings. The van der Waals surface area contributed by atoms with Crippen LogP contribution in [0.1, 0.15) is 432 Å². The Hall–Kier alpha value is -5.61. The number of carbonyl (C=O) groups excluding carboxylic acids is 3. The van der Waals surface area contributed by atoms with Crippen LogP contribution in [0.4, 0.5) is 0 Å². The molecule has 0 saturated heterocycles. The van der Waals surface area contributed by atoms with Crippen LogP contribution in [-0.2, 0) is 55.8 Å². The quantitative estimate of drug-likeness (QED) is 0.0146. The van der Waals surface area contributed by atoms with Crippen LogP contribution in [0.2, 0.25) is 0 Å². The highest BCUT2D eigenvalue weighted by atomic mass is 31.2. The third kappa shape index (κ3) is 103. The van der Waals surface area contributed by atoms with Gasteiger partial charge >= 0.3 is 33.6 Å². The second-order valence-corrected chi connectivity index (χ2v) is 37.1. The van der Waals surface area contributed by atoms with E-state index in [1.807, 2.05) is 0 Å². The molecule has 18 heteroatoms. The Kier molecular flexibility index (Phi) is 97.0. The Morgan fingerprint density at radius 2 is 0.411 bits per heavy atom. The predicted molar refractivity (Wildman–Crippen MR) is 546 cm³/mol. The smallest absolute Gasteiger partial charge is 0.463 e. The Morgan fingerprint density at radius 1 is 0.225 bits per heavy atom. The lowest BCUT2D eigenvalue weighted by molar-refractivity contribution is -0.161. The van der Waals surface area contributed by atoms with Crippen molar-refractivity contribution >= 4 is 33.6 Å². The first-order valence-corrected chi connectivity index (χ1v) is 54.7. The summed E-state index contributed by atoms with van der Waals surface area (Å²) in [5.74, 6) is -1.57. The molecule has 16 nitrogen and oxygen atoms in total. The van der Waals surface area contributed by atoms with Gasteiger partial charge in [0.15, 0.2) is 6.10 Å². The lowest BCUT2D eigenvalue weighted by atomic mass is 10.0. The number of phosphoric acid groups is 2. The molecular formula is C111H188O16P2. The van der Waals surface area contributed by atoms with Crippen LogP contribution in [0.15, 0.2) is 194 Å². The largest absolute Gasteiger partial charge is 0.472 e. The summed E-state index contributed by atoms with van der Waals surface area (Å²) in [4.78, 5) is 59.3. The maximum absolute atomic E-state index is 13.1. The summed E-state index contributed by atoms with van der Waals surface area (Å²) in [7, 11) is -9.83. The van der Waals surface area contributed by atoms with Gasteiger partial charge in [-0.15, -0.1) is 0 Å². The number of aliphatic hydroxyl groups excluding tert-OH is 2. The van der Waals surface area contributed by atoms with Crippen molar-refractivity contribution in [3.8, 4) is 0 Å². The van der Waals surface area contributed by atoms with Crippen LogP contribution >= 0.6 is 15.6 Å². The van der Waals surface area contributed by atoms with Gasteiger partial charge in [-0.05, 0) is 167 Å². The van der Waals surface area contributed by atoms with E-state index >= 15 is 0 Å². The Labute approximate surface area is 788 Å². The van der Waals surface area contributed by atoms with Crippen molar-refractivity contribution in [1.82, 2.24) is 0 Å². The number of carbonyl (C=O) groups is 3. The van der Waals surface area contributed by atoms with Gasteiger partial charge in [0.2, 0.25) is 0 Å². The van der Waals surface area contributed by atoms with Crippen LogP contribution < -0.4 is 0 Å². The number of aliphatic hydroxyl groups is 2. The van der Waals surface area contributed by atoms with E-state index in [1.165, 1.54) is 199 Å². The molecule has 0 aromatic heterocycles. The summed E-state index contributed by atoms with van der Waals surface area (Å²) in [5, 5.41) is 20.8.